The Morgan fingerprint density at radius 1 is 1.00 bits per heavy atom. The Balaban J connectivity index is 2.20. The second kappa shape index (κ2) is 8.59. The molecule has 0 aromatic rings. The number of methoxy groups -OCH3 is 1. The molecule has 12 heteroatoms. The van der Waals surface area contributed by atoms with Crippen LogP contribution in [0.5, 0.6) is 0 Å². The van der Waals surface area contributed by atoms with Crippen LogP contribution in [0.25, 0.3) is 0 Å². The average molecular weight is 381 g/mol. The minimum atomic E-state index is -1.75. The van der Waals surface area contributed by atoms with Crippen LogP contribution in [0.15, 0.2) is 0 Å². The summed E-state index contributed by atoms with van der Waals surface area (Å²) in [7, 11) is 1.17. The summed E-state index contributed by atoms with van der Waals surface area (Å²) in [5, 5.41) is 49.5. The summed E-state index contributed by atoms with van der Waals surface area (Å²) >= 11 is 0. The van der Waals surface area contributed by atoms with E-state index in [1.807, 2.05) is 0 Å². The predicted molar refractivity (Wildman–Crippen MR) is 76.0 cm³/mol. The molecule has 148 valence electrons. The fourth-order valence-electron chi connectivity index (χ4n) is 2.86. The molecule has 0 amide bonds. The molecule has 0 saturated carbocycles. The Labute approximate surface area is 147 Å². The van der Waals surface area contributed by atoms with Gasteiger partial charge in [-0.15, -0.1) is 0 Å². The van der Waals surface area contributed by atoms with Gasteiger partial charge in [-0.1, -0.05) is 0 Å². The molecule has 10 atom stereocenters. The van der Waals surface area contributed by atoms with Crippen LogP contribution in [0, 0.1) is 6.33 Å². The number of carbonyl (C=O) groups is 1. The van der Waals surface area contributed by atoms with Crippen molar-refractivity contribution in [3.8, 4) is 6.33 Å². The van der Waals surface area contributed by atoms with E-state index in [9.17, 15) is 35.0 Å². The van der Waals surface area contributed by atoms with Crippen molar-refractivity contribution in [1.82, 2.24) is 0 Å². The fraction of sp³-hybridized carbons (Fsp3) is 0.857. The quantitative estimate of drug-likeness (QED) is 0.301. The standard InChI is InChI=1S/C14H20O12/c1-4-5(16)6(17)9(11(24-4)12(20)21)25-13-8(19)7(18)10(22-2)14(26-13)23-3-15/h4-11,13-14,16-19H,1-2H3/p+1/t4-,5?,6+,7-,8?,9-,10-,11?,13-,14?/m0/s1. The summed E-state index contributed by atoms with van der Waals surface area (Å²) in [5.74, 6) is -1.48. The number of carboxylic acid groups (broad SMARTS) is 1. The minimum absolute atomic E-state index is 0.993. The molecular weight excluding hydrogens is 360 g/mol. The van der Waals surface area contributed by atoms with Crippen molar-refractivity contribution >= 4 is 5.97 Å². The number of aliphatic hydroxyl groups is 4. The van der Waals surface area contributed by atoms with Crippen LogP contribution < -0.4 is 0 Å². The van der Waals surface area contributed by atoms with Gasteiger partial charge in [0.25, 0.3) is 0 Å². The molecule has 2 fully saturated rings. The van der Waals surface area contributed by atoms with Crippen molar-refractivity contribution in [2.24, 2.45) is 0 Å². The monoisotopic (exact) mass is 381 g/mol. The maximum absolute atomic E-state index is 11.4. The van der Waals surface area contributed by atoms with Gasteiger partial charge in [-0.3, -0.25) is 0 Å². The summed E-state index contributed by atoms with van der Waals surface area (Å²) in [6.07, 6.45) is -14.3. The van der Waals surface area contributed by atoms with Gasteiger partial charge in [-0.25, -0.2) is 0 Å². The number of hydrogen-bond donors (Lipinski definition) is 5. The van der Waals surface area contributed by atoms with Crippen molar-refractivity contribution in [3.05, 3.63) is 0 Å². The number of aliphatic hydroxyl groups excluding tert-OH is 4. The summed E-state index contributed by atoms with van der Waals surface area (Å²) in [6.45, 7) is 1.36. The third kappa shape index (κ3) is 4.00. The second-order valence-corrected chi connectivity index (χ2v) is 5.94. The van der Waals surface area contributed by atoms with Crippen LogP contribution in [-0.4, -0.2) is 100 Å². The van der Waals surface area contributed by atoms with Crippen molar-refractivity contribution in [1.29, 1.82) is 0 Å². The van der Waals surface area contributed by atoms with E-state index in [0.717, 1.165) is 6.33 Å². The normalized spacial score (nSPS) is 46.3. The first-order valence-electron chi connectivity index (χ1n) is 7.70. The van der Waals surface area contributed by atoms with Crippen molar-refractivity contribution in [2.45, 2.75) is 68.3 Å². The van der Waals surface area contributed by atoms with Gasteiger partial charge in [0.1, 0.15) is 0 Å². The van der Waals surface area contributed by atoms with Crippen molar-refractivity contribution < 1.29 is 58.7 Å². The molecule has 5 N–H and O–H groups in total. The summed E-state index contributed by atoms with van der Waals surface area (Å²) in [4.78, 5) is 11.4. The maximum atomic E-state index is 11.4. The molecule has 0 bridgehead atoms. The molecule has 12 nitrogen and oxygen atoms in total. The van der Waals surface area contributed by atoms with Crippen LogP contribution in [-0.2, 0) is 33.1 Å². The Morgan fingerprint density at radius 3 is 2.15 bits per heavy atom. The number of aliphatic carboxylic acids is 1. The Bertz CT molecular complexity index is 535. The zero-order valence-corrected chi connectivity index (χ0v) is 13.9. The van der Waals surface area contributed by atoms with E-state index < -0.39 is 67.4 Å². The van der Waals surface area contributed by atoms with Gasteiger partial charge in [0.15, 0.2) is 0 Å². The topological polar surface area (TPSA) is 184 Å². The van der Waals surface area contributed by atoms with Crippen LogP contribution in [0.2, 0.25) is 0 Å². The van der Waals surface area contributed by atoms with Gasteiger partial charge in [-0.2, -0.15) is 0 Å². The molecule has 2 aliphatic heterocycles. The Kier molecular flexibility index (Phi) is 6.93. The molecule has 2 aliphatic rings. The van der Waals surface area contributed by atoms with Crippen LogP contribution >= 0.6 is 0 Å². The zero-order chi connectivity index (χ0) is 19.6. The molecule has 2 heterocycles. The van der Waals surface area contributed by atoms with E-state index in [0.29, 0.717) is 0 Å². The van der Waals surface area contributed by atoms with E-state index in [4.69, 9.17) is 18.9 Å². The molecule has 2 rings (SSSR count). The molecule has 0 aromatic carbocycles. The number of carboxylic acids is 1. The van der Waals surface area contributed by atoms with Gasteiger partial charge < -0.3 is 0 Å². The Morgan fingerprint density at radius 2 is 1.62 bits per heavy atom. The average Bonchev–Trinajstić information content (AvgIpc) is 2.59. The van der Waals surface area contributed by atoms with Crippen LogP contribution in [0.1, 0.15) is 6.92 Å². The van der Waals surface area contributed by atoms with Gasteiger partial charge in [0.05, 0.1) is 0 Å². The van der Waals surface area contributed by atoms with E-state index >= 15 is 0 Å². The molecule has 26 heavy (non-hydrogen) atoms. The van der Waals surface area contributed by atoms with Crippen molar-refractivity contribution in [3.63, 3.8) is 0 Å². The molecule has 0 spiro atoms. The Hall–Kier alpha value is -1.31. The fourth-order valence-corrected chi connectivity index (χ4v) is 2.86. The van der Waals surface area contributed by atoms with Crippen molar-refractivity contribution in [2.75, 3.05) is 7.11 Å². The number of hydrogen-bond acceptors (Lipinski definition) is 10. The van der Waals surface area contributed by atoms with E-state index in [1.165, 1.54) is 14.0 Å². The molecule has 4 unspecified atom stereocenters. The number of ether oxygens (including phenoxy) is 5. The zero-order valence-electron chi connectivity index (χ0n) is 13.9. The third-order valence-electron chi connectivity index (χ3n) is 4.30. The molecule has 2 saturated heterocycles. The summed E-state index contributed by atoms with van der Waals surface area (Å²) in [6, 6.07) is 0. The molecular formula is C14H21O12+. The summed E-state index contributed by atoms with van der Waals surface area (Å²) < 4.78 is 35.4. The SMILES string of the molecule is CO[C@@H]1C(OC#[O+])O[C@H](O[C@@H]2C(C(=O)O)O[C@@H](C)C(O)[C@H]2O)C(O)[C@@H]1O. The van der Waals surface area contributed by atoms with Crippen LogP contribution in [0.3, 0.4) is 0 Å². The summed E-state index contributed by atoms with van der Waals surface area (Å²) in [5.41, 5.74) is 0. The van der Waals surface area contributed by atoms with E-state index in [2.05, 4.69) is 4.74 Å². The molecule has 0 radical (unpaired) electrons. The number of rotatable bonds is 5. The first-order valence-corrected chi connectivity index (χ1v) is 7.70. The second-order valence-electron chi connectivity index (χ2n) is 5.94. The molecule has 0 aliphatic carbocycles. The van der Waals surface area contributed by atoms with Crippen LogP contribution in [0.4, 0.5) is 0 Å². The first-order chi connectivity index (χ1) is 12.2. The van der Waals surface area contributed by atoms with Gasteiger partial charge in [-0.05, 0) is 0 Å². The van der Waals surface area contributed by atoms with E-state index in [-0.39, 0.29) is 0 Å². The van der Waals surface area contributed by atoms with E-state index in [1.54, 1.807) is 0 Å². The molecule has 0 aromatic heterocycles. The predicted octanol–water partition coefficient (Wildman–Crippen LogP) is -3.25. The van der Waals surface area contributed by atoms with Gasteiger partial charge >= 0.3 is 146 Å². The first kappa shape index (κ1) is 21.0. The third-order valence-corrected chi connectivity index (χ3v) is 4.30. The van der Waals surface area contributed by atoms with Gasteiger partial charge in [0, 0.05) is 0 Å². The van der Waals surface area contributed by atoms with Gasteiger partial charge in [0.2, 0.25) is 0 Å².